The Morgan fingerprint density at radius 1 is 1.38 bits per heavy atom. The number of hydrogen-bond acceptors (Lipinski definition) is 3. The van der Waals surface area contributed by atoms with E-state index in [4.69, 9.17) is 4.42 Å². The molecule has 1 heterocycles. The molecule has 1 aromatic carbocycles. The molecule has 1 fully saturated rings. The second kappa shape index (κ2) is 6.51. The van der Waals surface area contributed by atoms with Crippen molar-refractivity contribution in [2.45, 2.75) is 38.8 Å². The van der Waals surface area contributed by atoms with Gasteiger partial charge in [-0.2, -0.15) is 0 Å². The van der Waals surface area contributed by atoms with E-state index in [0.29, 0.717) is 16.7 Å². The molecule has 7 heteroatoms. The number of urea groups is 1. The maximum absolute atomic E-state index is 13.3. The van der Waals surface area contributed by atoms with Crippen LogP contribution in [0.5, 0.6) is 0 Å². The number of hydrogen-bond donors (Lipinski definition) is 3. The number of aryl methyl sites for hydroxylation is 1. The minimum absolute atomic E-state index is 0.0701. The molecule has 2 aromatic rings. The van der Waals surface area contributed by atoms with Gasteiger partial charge in [-0.05, 0) is 44.9 Å². The third-order valence-electron chi connectivity index (χ3n) is 4.03. The zero-order valence-corrected chi connectivity index (χ0v) is 13.6. The van der Waals surface area contributed by atoms with Gasteiger partial charge in [0.2, 0.25) is 5.91 Å². The first-order chi connectivity index (χ1) is 11.4. The molecule has 0 aliphatic heterocycles. The maximum Gasteiger partial charge on any atom is 0.315 e. The summed E-state index contributed by atoms with van der Waals surface area (Å²) in [6.07, 6.45) is 2.00. The van der Waals surface area contributed by atoms with E-state index in [1.165, 1.54) is 12.1 Å². The second-order valence-corrected chi connectivity index (χ2v) is 6.12. The van der Waals surface area contributed by atoms with Crippen molar-refractivity contribution in [3.05, 3.63) is 35.3 Å². The Hall–Kier alpha value is -2.57. The zero-order valence-electron chi connectivity index (χ0n) is 13.6. The summed E-state index contributed by atoms with van der Waals surface area (Å²) >= 11 is 0. The Labute approximate surface area is 138 Å². The molecule has 1 aliphatic carbocycles. The first-order valence-corrected chi connectivity index (χ1v) is 7.96. The molecule has 0 unspecified atom stereocenters. The first kappa shape index (κ1) is 16.3. The van der Waals surface area contributed by atoms with Crippen molar-refractivity contribution >= 4 is 22.9 Å². The lowest BCUT2D eigenvalue weighted by atomic mass is 10.1. The molecule has 128 valence electrons. The molecule has 6 nitrogen and oxygen atoms in total. The molecule has 24 heavy (non-hydrogen) atoms. The lowest BCUT2D eigenvalue weighted by molar-refractivity contribution is -0.120. The number of fused-ring (bicyclic) bond motifs is 1. The fourth-order valence-corrected chi connectivity index (χ4v) is 2.61. The lowest BCUT2D eigenvalue weighted by Crippen LogP contribution is -2.43. The average molecular weight is 333 g/mol. The number of amides is 3. The summed E-state index contributed by atoms with van der Waals surface area (Å²) in [5.74, 6) is 0.0295. The van der Waals surface area contributed by atoms with Crippen LogP contribution in [0.3, 0.4) is 0 Å². The van der Waals surface area contributed by atoms with E-state index in [0.717, 1.165) is 18.4 Å². The number of halogens is 1. The van der Waals surface area contributed by atoms with Crippen molar-refractivity contribution in [3.8, 4) is 0 Å². The quantitative estimate of drug-likeness (QED) is 0.786. The van der Waals surface area contributed by atoms with E-state index in [1.54, 1.807) is 13.0 Å². The summed E-state index contributed by atoms with van der Waals surface area (Å²) in [7, 11) is 0. The highest BCUT2D eigenvalue weighted by molar-refractivity contribution is 5.85. The molecule has 0 radical (unpaired) electrons. The minimum Gasteiger partial charge on any atom is -0.459 e. The standard InChI is InChI=1S/C17H20FN3O3/c1-9-13-7-11(18)3-6-14(13)24-16(9)10(2)20-17(23)19-8-15(22)21-12-4-5-12/h3,6-7,10,12H,4-5,8H2,1-2H3,(H,21,22)(H2,19,20,23)/t10-/m0/s1. The van der Waals surface area contributed by atoms with E-state index in [9.17, 15) is 14.0 Å². The predicted molar refractivity (Wildman–Crippen MR) is 87.0 cm³/mol. The topological polar surface area (TPSA) is 83.4 Å². The molecule has 0 bridgehead atoms. The SMILES string of the molecule is Cc1c([C@H](C)NC(=O)NCC(=O)NC2CC2)oc2ccc(F)cc12. The van der Waals surface area contributed by atoms with Crippen molar-refractivity contribution in [1.82, 2.24) is 16.0 Å². The number of carbonyl (C=O) groups excluding carboxylic acids is 2. The van der Waals surface area contributed by atoms with Crippen LogP contribution in [-0.2, 0) is 4.79 Å². The monoisotopic (exact) mass is 333 g/mol. The minimum atomic E-state index is -0.459. The Balaban J connectivity index is 1.59. The molecular formula is C17H20FN3O3. The van der Waals surface area contributed by atoms with Crippen LogP contribution in [0.2, 0.25) is 0 Å². The second-order valence-electron chi connectivity index (χ2n) is 6.12. The van der Waals surface area contributed by atoms with E-state index >= 15 is 0 Å². The largest absolute Gasteiger partial charge is 0.459 e. The molecule has 0 spiro atoms. The van der Waals surface area contributed by atoms with Gasteiger partial charge in [0.15, 0.2) is 0 Å². The first-order valence-electron chi connectivity index (χ1n) is 7.96. The Bertz CT molecular complexity index is 783. The van der Waals surface area contributed by atoms with Gasteiger partial charge in [-0.15, -0.1) is 0 Å². The zero-order chi connectivity index (χ0) is 17.3. The molecule has 1 atom stereocenters. The van der Waals surface area contributed by atoms with Crippen molar-refractivity contribution < 1.29 is 18.4 Å². The number of furan rings is 1. The van der Waals surface area contributed by atoms with Crippen molar-refractivity contribution in [2.24, 2.45) is 0 Å². The summed E-state index contributed by atoms with van der Waals surface area (Å²) in [5.41, 5.74) is 1.35. The summed E-state index contributed by atoms with van der Waals surface area (Å²) in [5, 5.41) is 8.71. The third-order valence-corrected chi connectivity index (χ3v) is 4.03. The van der Waals surface area contributed by atoms with Gasteiger partial charge in [0.25, 0.3) is 0 Å². The number of carbonyl (C=O) groups is 2. The number of rotatable bonds is 5. The van der Waals surface area contributed by atoms with Gasteiger partial charge in [-0.1, -0.05) is 0 Å². The lowest BCUT2D eigenvalue weighted by Gasteiger charge is -2.13. The number of benzene rings is 1. The smallest absolute Gasteiger partial charge is 0.315 e. The fourth-order valence-electron chi connectivity index (χ4n) is 2.61. The van der Waals surface area contributed by atoms with E-state index < -0.39 is 12.1 Å². The molecule has 1 aromatic heterocycles. The molecular weight excluding hydrogens is 313 g/mol. The van der Waals surface area contributed by atoms with Crippen LogP contribution >= 0.6 is 0 Å². The van der Waals surface area contributed by atoms with Crippen LogP contribution in [0.4, 0.5) is 9.18 Å². The third kappa shape index (κ3) is 3.67. The molecule has 1 saturated carbocycles. The van der Waals surface area contributed by atoms with Crippen LogP contribution in [0.25, 0.3) is 11.0 Å². The van der Waals surface area contributed by atoms with Gasteiger partial charge in [-0.25, -0.2) is 9.18 Å². The van der Waals surface area contributed by atoms with E-state index in [2.05, 4.69) is 16.0 Å². The van der Waals surface area contributed by atoms with Gasteiger partial charge in [-0.3, -0.25) is 4.79 Å². The summed E-state index contributed by atoms with van der Waals surface area (Å²) in [6.45, 7) is 3.52. The van der Waals surface area contributed by atoms with Gasteiger partial charge in [0, 0.05) is 17.0 Å². The predicted octanol–water partition coefficient (Wildman–Crippen LogP) is 2.52. The van der Waals surface area contributed by atoms with Crippen molar-refractivity contribution in [1.29, 1.82) is 0 Å². The maximum atomic E-state index is 13.3. The van der Waals surface area contributed by atoms with Crippen LogP contribution in [0, 0.1) is 12.7 Å². The highest BCUT2D eigenvalue weighted by Gasteiger charge is 2.23. The Morgan fingerprint density at radius 2 is 2.12 bits per heavy atom. The van der Waals surface area contributed by atoms with Crippen LogP contribution < -0.4 is 16.0 Å². The van der Waals surface area contributed by atoms with Gasteiger partial charge in [0.1, 0.15) is 17.2 Å². The molecule has 3 amide bonds. The van der Waals surface area contributed by atoms with Gasteiger partial charge < -0.3 is 20.4 Å². The summed E-state index contributed by atoms with van der Waals surface area (Å²) < 4.78 is 19.1. The van der Waals surface area contributed by atoms with Gasteiger partial charge >= 0.3 is 6.03 Å². The fraction of sp³-hybridized carbons (Fsp3) is 0.412. The molecule has 3 N–H and O–H groups in total. The van der Waals surface area contributed by atoms with E-state index in [1.807, 2.05) is 6.92 Å². The summed E-state index contributed by atoms with van der Waals surface area (Å²) in [6, 6.07) is 3.70. The normalized spacial score (nSPS) is 15.1. The van der Waals surface area contributed by atoms with Crippen LogP contribution in [-0.4, -0.2) is 24.5 Å². The van der Waals surface area contributed by atoms with Crippen molar-refractivity contribution in [3.63, 3.8) is 0 Å². The molecule has 3 rings (SSSR count). The van der Waals surface area contributed by atoms with E-state index in [-0.39, 0.29) is 24.3 Å². The Kier molecular flexibility index (Phi) is 4.42. The molecule has 1 aliphatic rings. The highest BCUT2D eigenvalue weighted by atomic mass is 19.1. The van der Waals surface area contributed by atoms with Crippen molar-refractivity contribution in [2.75, 3.05) is 6.54 Å². The Morgan fingerprint density at radius 3 is 2.83 bits per heavy atom. The number of nitrogens with one attached hydrogen (secondary N) is 3. The average Bonchev–Trinajstić information content (AvgIpc) is 3.28. The summed E-state index contributed by atoms with van der Waals surface area (Å²) in [4.78, 5) is 23.5. The highest BCUT2D eigenvalue weighted by Crippen LogP contribution is 2.29. The van der Waals surface area contributed by atoms with Crippen LogP contribution in [0.1, 0.15) is 37.1 Å². The van der Waals surface area contributed by atoms with Gasteiger partial charge in [0.05, 0.1) is 12.6 Å². The molecule has 0 saturated heterocycles. The van der Waals surface area contributed by atoms with Crippen LogP contribution in [0.15, 0.2) is 22.6 Å².